The number of hydrogen-bond donors (Lipinski definition) is 3. The van der Waals surface area contributed by atoms with Crippen LogP contribution in [0.5, 0.6) is 11.5 Å². The van der Waals surface area contributed by atoms with Gasteiger partial charge in [-0.25, -0.2) is 4.39 Å². The monoisotopic (exact) mass is 558 g/mol. The van der Waals surface area contributed by atoms with Crippen LogP contribution in [0.3, 0.4) is 0 Å². The zero-order valence-corrected chi connectivity index (χ0v) is 21.7. The Morgan fingerprint density at radius 1 is 1.03 bits per heavy atom. The molecule has 3 aliphatic carbocycles. The van der Waals surface area contributed by atoms with Crippen molar-refractivity contribution in [2.24, 2.45) is 23.7 Å². The number of carbonyl (C=O) groups excluding carboxylic acids is 2. The quantitative estimate of drug-likeness (QED) is 0.289. The topological polar surface area (TPSA) is 114 Å². The van der Waals surface area contributed by atoms with Crippen LogP contribution < -0.4 is 20.1 Å². The lowest BCUT2D eigenvalue weighted by Gasteiger charge is -2.31. The minimum Gasteiger partial charge on any atom is -0.496 e. The van der Waals surface area contributed by atoms with Crippen LogP contribution in [0.2, 0.25) is 0 Å². The second kappa shape index (κ2) is 12.0. The Morgan fingerprint density at radius 3 is 2.36 bits per heavy atom. The van der Waals surface area contributed by atoms with Crippen molar-refractivity contribution < 1.29 is 46.5 Å². The highest BCUT2D eigenvalue weighted by Crippen LogP contribution is 2.49. The van der Waals surface area contributed by atoms with Gasteiger partial charge in [-0.15, -0.1) is 0 Å². The third-order valence-corrected chi connectivity index (χ3v) is 8.27. The van der Waals surface area contributed by atoms with Gasteiger partial charge in [0.15, 0.2) is 11.6 Å². The van der Waals surface area contributed by atoms with Crippen LogP contribution in [0, 0.1) is 29.5 Å². The van der Waals surface area contributed by atoms with Gasteiger partial charge in [0.2, 0.25) is 5.91 Å². The Labute approximate surface area is 223 Å². The number of carbonyl (C=O) groups is 3. The molecule has 0 saturated heterocycles. The molecule has 0 spiro atoms. The van der Waals surface area contributed by atoms with Crippen LogP contribution in [0.25, 0.3) is 0 Å². The predicted molar refractivity (Wildman–Crippen MR) is 131 cm³/mol. The summed E-state index contributed by atoms with van der Waals surface area (Å²) in [4.78, 5) is 37.5. The number of amides is 2. The van der Waals surface area contributed by atoms with E-state index in [4.69, 9.17) is 9.47 Å². The van der Waals surface area contributed by atoms with E-state index >= 15 is 0 Å². The summed E-state index contributed by atoms with van der Waals surface area (Å²) in [5.41, 5.74) is 0.0280. The standard InChI is InChI=1S/C27H34F4N2O6/c1-38-20-13-19(28)21(39-17-7-5-14(6-8-17)26(36)37)12-18(20)24(34)33-23-16-4-3-15(11-16)22(23)25(35)32-10-2-9-27(29,30)31/h12-17,22-23H,2-11H2,1H3,(H,32,35)(H,33,34)(H,36,37)/t14?,15-,16+,17?,22+,23-/m1/s1. The van der Waals surface area contributed by atoms with Gasteiger partial charge in [-0.2, -0.15) is 13.2 Å². The Bertz CT molecular complexity index is 1070. The molecule has 3 saturated carbocycles. The molecule has 0 aliphatic heterocycles. The number of fused-ring (bicyclic) bond motifs is 2. The summed E-state index contributed by atoms with van der Waals surface area (Å²) < 4.78 is 63.2. The zero-order valence-electron chi connectivity index (χ0n) is 21.7. The lowest BCUT2D eigenvalue weighted by molar-refractivity contribution is -0.143. The lowest BCUT2D eigenvalue weighted by Crippen LogP contribution is -2.50. The summed E-state index contributed by atoms with van der Waals surface area (Å²) >= 11 is 0. The molecule has 4 atom stereocenters. The number of benzene rings is 1. The van der Waals surface area contributed by atoms with Crippen molar-refractivity contribution >= 4 is 17.8 Å². The number of methoxy groups -OCH3 is 1. The highest BCUT2D eigenvalue weighted by atomic mass is 19.4. The van der Waals surface area contributed by atoms with Gasteiger partial charge in [0.05, 0.1) is 30.6 Å². The summed E-state index contributed by atoms with van der Waals surface area (Å²) in [7, 11) is 1.30. The number of halogens is 4. The fourth-order valence-corrected chi connectivity index (χ4v) is 6.30. The second-order valence-corrected chi connectivity index (χ2v) is 10.8. The Hall–Kier alpha value is -3.05. The molecule has 39 heavy (non-hydrogen) atoms. The molecule has 1 aromatic rings. The van der Waals surface area contributed by atoms with E-state index in [1.807, 2.05) is 0 Å². The predicted octanol–water partition coefficient (Wildman–Crippen LogP) is 4.46. The maximum Gasteiger partial charge on any atom is 0.389 e. The minimum atomic E-state index is -4.29. The fourth-order valence-electron chi connectivity index (χ4n) is 6.30. The summed E-state index contributed by atoms with van der Waals surface area (Å²) in [6.45, 7) is -0.103. The molecule has 3 N–H and O–H groups in total. The molecule has 12 heteroatoms. The normalized spacial score (nSPS) is 28.1. The van der Waals surface area contributed by atoms with Crippen molar-refractivity contribution in [1.82, 2.24) is 10.6 Å². The number of alkyl halides is 3. The third-order valence-electron chi connectivity index (χ3n) is 8.27. The molecule has 216 valence electrons. The van der Waals surface area contributed by atoms with Crippen molar-refractivity contribution in [2.75, 3.05) is 13.7 Å². The third kappa shape index (κ3) is 6.94. The molecule has 2 amide bonds. The van der Waals surface area contributed by atoms with Gasteiger partial charge in [0.1, 0.15) is 5.75 Å². The molecule has 0 heterocycles. The molecule has 1 aromatic carbocycles. The molecule has 4 rings (SSSR count). The van der Waals surface area contributed by atoms with Gasteiger partial charge in [-0.3, -0.25) is 14.4 Å². The average molecular weight is 559 g/mol. The number of ether oxygens (including phenoxy) is 2. The summed E-state index contributed by atoms with van der Waals surface area (Å²) in [5, 5.41) is 14.7. The SMILES string of the molecule is COc1cc(F)c(OC2CCC(C(=O)O)CC2)cc1C(=O)N[C@@H]1[C@H]2CC[C@H](C2)[C@@H]1C(=O)NCCCC(F)(F)F. The number of aliphatic carboxylic acids is 1. The first kappa shape index (κ1) is 28.9. The van der Waals surface area contributed by atoms with Crippen LogP contribution in [0.4, 0.5) is 17.6 Å². The van der Waals surface area contributed by atoms with Crippen LogP contribution in [0.1, 0.15) is 68.1 Å². The smallest absolute Gasteiger partial charge is 0.389 e. The lowest BCUT2D eigenvalue weighted by atomic mass is 9.83. The fraction of sp³-hybridized carbons (Fsp3) is 0.667. The molecular formula is C27H34F4N2O6. The summed E-state index contributed by atoms with van der Waals surface area (Å²) in [5.74, 6) is -3.63. The van der Waals surface area contributed by atoms with Gasteiger partial charge in [0, 0.05) is 25.1 Å². The van der Waals surface area contributed by atoms with Gasteiger partial charge in [-0.1, -0.05) is 0 Å². The molecule has 3 aliphatic rings. The number of rotatable bonds is 10. The van der Waals surface area contributed by atoms with Crippen molar-refractivity contribution in [3.63, 3.8) is 0 Å². The molecule has 0 unspecified atom stereocenters. The Balaban J connectivity index is 1.43. The minimum absolute atomic E-state index is 0.0109. The number of hydrogen-bond acceptors (Lipinski definition) is 5. The van der Waals surface area contributed by atoms with E-state index in [1.165, 1.54) is 13.2 Å². The molecule has 8 nitrogen and oxygen atoms in total. The highest BCUT2D eigenvalue weighted by molar-refractivity contribution is 5.98. The molecule has 2 bridgehead atoms. The first-order valence-electron chi connectivity index (χ1n) is 13.4. The van der Waals surface area contributed by atoms with Crippen molar-refractivity contribution in [1.29, 1.82) is 0 Å². The largest absolute Gasteiger partial charge is 0.496 e. The van der Waals surface area contributed by atoms with Crippen LogP contribution >= 0.6 is 0 Å². The van der Waals surface area contributed by atoms with Crippen LogP contribution in [0.15, 0.2) is 12.1 Å². The van der Waals surface area contributed by atoms with E-state index in [0.29, 0.717) is 25.7 Å². The van der Waals surface area contributed by atoms with Gasteiger partial charge in [-0.05, 0) is 69.3 Å². The molecule has 3 fully saturated rings. The molecule has 0 aromatic heterocycles. The van der Waals surface area contributed by atoms with E-state index in [1.54, 1.807) is 0 Å². The van der Waals surface area contributed by atoms with Crippen molar-refractivity contribution in [3.05, 3.63) is 23.5 Å². The van der Waals surface area contributed by atoms with E-state index in [-0.39, 0.29) is 47.8 Å². The van der Waals surface area contributed by atoms with E-state index in [0.717, 1.165) is 25.3 Å². The maximum absolute atomic E-state index is 14.8. The number of carboxylic acids is 1. The average Bonchev–Trinajstić information content (AvgIpc) is 3.49. The first-order valence-corrected chi connectivity index (χ1v) is 13.4. The van der Waals surface area contributed by atoms with Crippen molar-refractivity contribution in [3.8, 4) is 11.5 Å². The van der Waals surface area contributed by atoms with Gasteiger partial charge in [0.25, 0.3) is 5.91 Å². The first-order chi connectivity index (χ1) is 18.5. The Morgan fingerprint density at radius 2 is 1.72 bits per heavy atom. The summed E-state index contributed by atoms with van der Waals surface area (Å²) in [6, 6.07) is 1.80. The van der Waals surface area contributed by atoms with Crippen LogP contribution in [-0.2, 0) is 9.59 Å². The molecular weight excluding hydrogens is 524 g/mol. The van der Waals surface area contributed by atoms with E-state index < -0.39 is 54.3 Å². The van der Waals surface area contributed by atoms with Crippen molar-refractivity contribution in [2.45, 2.75) is 76.1 Å². The number of carboxylic acid groups (broad SMARTS) is 1. The molecule has 0 radical (unpaired) electrons. The van der Waals surface area contributed by atoms with Crippen LogP contribution in [-0.4, -0.2) is 54.9 Å². The Kier molecular flexibility index (Phi) is 8.90. The van der Waals surface area contributed by atoms with Gasteiger partial charge >= 0.3 is 12.1 Å². The number of nitrogens with one attached hydrogen (secondary N) is 2. The zero-order chi connectivity index (χ0) is 28.3. The van der Waals surface area contributed by atoms with Gasteiger partial charge < -0.3 is 25.2 Å². The van der Waals surface area contributed by atoms with E-state index in [9.17, 15) is 37.1 Å². The highest BCUT2D eigenvalue weighted by Gasteiger charge is 2.51. The maximum atomic E-state index is 14.8. The second-order valence-electron chi connectivity index (χ2n) is 10.8. The summed E-state index contributed by atoms with van der Waals surface area (Å²) in [6.07, 6.45) is -1.83. The van der Waals surface area contributed by atoms with E-state index in [2.05, 4.69) is 10.6 Å².